The minimum atomic E-state index is -0.966. The lowest BCUT2D eigenvalue weighted by atomic mass is 10.1. The lowest BCUT2D eigenvalue weighted by Gasteiger charge is -2.13. The third-order valence-electron chi connectivity index (χ3n) is 5.42. The monoisotopic (exact) mass is 446 g/mol. The molecule has 0 unspecified atom stereocenters. The highest BCUT2D eigenvalue weighted by molar-refractivity contribution is 5.87. The number of aliphatic imine (C=N–C) groups is 1. The Morgan fingerprint density at radius 2 is 1.91 bits per heavy atom. The highest BCUT2D eigenvalue weighted by Gasteiger charge is 2.21. The minimum Gasteiger partial charge on any atom is -0.493 e. The number of para-hydroxylation sites is 2. The Kier molecular flexibility index (Phi) is 5.95. The summed E-state index contributed by atoms with van der Waals surface area (Å²) in [5.74, 6) is -1.17. The first-order chi connectivity index (χ1) is 15.9. The van der Waals surface area contributed by atoms with Gasteiger partial charge in [0.25, 0.3) is 5.56 Å². The van der Waals surface area contributed by atoms with E-state index in [1.54, 1.807) is 37.4 Å². The average molecular weight is 446 g/mol. The number of aromatic amines is 2. The molecule has 0 amide bonds. The molecule has 168 valence electrons. The van der Waals surface area contributed by atoms with Gasteiger partial charge in [-0.3, -0.25) is 14.8 Å². The van der Waals surface area contributed by atoms with Gasteiger partial charge in [0.05, 0.1) is 12.8 Å². The smallest absolute Gasteiger partial charge is 0.335 e. The van der Waals surface area contributed by atoms with Crippen molar-refractivity contribution in [2.75, 3.05) is 7.11 Å². The van der Waals surface area contributed by atoms with E-state index in [4.69, 9.17) is 4.74 Å². The third-order valence-corrected chi connectivity index (χ3v) is 5.42. The molecule has 9 nitrogen and oxygen atoms in total. The van der Waals surface area contributed by atoms with Gasteiger partial charge in [-0.1, -0.05) is 36.4 Å². The zero-order valence-electron chi connectivity index (χ0n) is 18.0. The number of hydrogen-bond acceptors (Lipinski definition) is 6. The Morgan fingerprint density at radius 1 is 1.18 bits per heavy atom. The van der Waals surface area contributed by atoms with Gasteiger partial charge in [-0.15, -0.1) is 0 Å². The molecule has 0 fully saturated rings. The molecule has 0 spiro atoms. The van der Waals surface area contributed by atoms with E-state index in [1.807, 2.05) is 24.3 Å². The number of nitrogens with one attached hydrogen (secondary N) is 2. The van der Waals surface area contributed by atoms with Crippen LogP contribution in [0.4, 0.5) is 0 Å². The van der Waals surface area contributed by atoms with Gasteiger partial charge in [0.1, 0.15) is 5.56 Å². The second-order valence-corrected chi connectivity index (χ2v) is 7.50. The van der Waals surface area contributed by atoms with Crippen molar-refractivity contribution in [3.8, 4) is 11.6 Å². The predicted molar refractivity (Wildman–Crippen MR) is 124 cm³/mol. The molecule has 4 aromatic rings. The Bertz CT molecular complexity index is 1480. The molecule has 33 heavy (non-hydrogen) atoms. The van der Waals surface area contributed by atoms with Gasteiger partial charge < -0.3 is 14.8 Å². The number of hydrogen-bond donors (Lipinski definition) is 3. The van der Waals surface area contributed by atoms with Gasteiger partial charge in [-0.25, -0.2) is 14.2 Å². The number of nitrogens with zero attached hydrogens (tertiary/aromatic N) is 2. The molecular formula is C24H22N4O5. The van der Waals surface area contributed by atoms with E-state index in [1.165, 1.54) is 7.11 Å². The van der Waals surface area contributed by atoms with Crippen molar-refractivity contribution in [2.24, 2.45) is 4.99 Å². The Labute approximate surface area is 188 Å². The summed E-state index contributed by atoms with van der Waals surface area (Å²) in [7, 11) is 1.25. The van der Waals surface area contributed by atoms with Gasteiger partial charge in [-0.05, 0) is 30.2 Å². The molecule has 2 aromatic carbocycles. The molecule has 0 saturated heterocycles. The number of aromatic nitrogens is 3. The average Bonchev–Trinajstić information content (AvgIpc) is 3.21. The van der Waals surface area contributed by atoms with Crippen LogP contribution in [0.3, 0.4) is 0 Å². The molecule has 4 rings (SSSR count). The fraction of sp³-hybridized carbons (Fsp3) is 0.167. The summed E-state index contributed by atoms with van der Waals surface area (Å²) in [5.41, 5.74) is 1.05. The van der Waals surface area contributed by atoms with E-state index in [0.717, 1.165) is 32.8 Å². The number of methoxy groups -OCH3 is 1. The van der Waals surface area contributed by atoms with Gasteiger partial charge in [0, 0.05) is 29.7 Å². The summed E-state index contributed by atoms with van der Waals surface area (Å²) in [6.07, 6.45) is 3.10. The van der Waals surface area contributed by atoms with Crippen LogP contribution in [0.25, 0.3) is 16.6 Å². The van der Waals surface area contributed by atoms with Gasteiger partial charge in [0.15, 0.2) is 6.04 Å². The molecule has 1 atom stereocenters. The summed E-state index contributed by atoms with van der Waals surface area (Å²) in [4.78, 5) is 46.8. The predicted octanol–water partition coefficient (Wildman–Crippen LogP) is 2.22. The number of ether oxygens (including phenoxy) is 1. The van der Waals surface area contributed by atoms with E-state index >= 15 is 0 Å². The zero-order valence-corrected chi connectivity index (χ0v) is 18.0. The molecule has 0 aliphatic rings. The summed E-state index contributed by atoms with van der Waals surface area (Å²) >= 11 is 0. The van der Waals surface area contributed by atoms with E-state index in [9.17, 15) is 19.5 Å². The minimum absolute atomic E-state index is 0.212. The third kappa shape index (κ3) is 4.20. The fourth-order valence-electron chi connectivity index (χ4n) is 3.70. The lowest BCUT2D eigenvalue weighted by molar-refractivity contribution is -0.142. The zero-order chi connectivity index (χ0) is 23.5. The highest BCUT2D eigenvalue weighted by Crippen LogP contribution is 2.21. The Balaban J connectivity index is 1.75. The van der Waals surface area contributed by atoms with Crippen molar-refractivity contribution in [2.45, 2.75) is 19.4 Å². The first-order valence-electron chi connectivity index (χ1n) is 10.2. The van der Waals surface area contributed by atoms with Gasteiger partial charge in [-0.2, -0.15) is 0 Å². The second-order valence-electron chi connectivity index (χ2n) is 7.50. The van der Waals surface area contributed by atoms with Crippen molar-refractivity contribution in [3.05, 3.63) is 92.3 Å². The maximum Gasteiger partial charge on any atom is 0.335 e. The van der Waals surface area contributed by atoms with E-state index in [2.05, 4.69) is 15.0 Å². The van der Waals surface area contributed by atoms with Crippen LogP contribution in [0.15, 0.2) is 69.3 Å². The largest absolute Gasteiger partial charge is 0.493 e. The second kappa shape index (κ2) is 8.99. The number of carbonyl (C=O) groups is 1. The normalized spacial score (nSPS) is 12.3. The molecule has 3 N–H and O–H groups in total. The highest BCUT2D eigenvalue weighted by atomic mass is 16.5. The lowest BCUT2D eigenvalue weighted by Crippen LogP contribution is -2.32. The standard InChI is InChI=1S/C24H22N4O5/c1-14-7-3-6-10-20(14)28-22(30)17(21(29)27-24(28)32)13-26-19(23(31)33-2)11-15-12-25-18-9-5-4-8-16(15)18/h3-10,12-13,19,25,30H,11H2,1-2H3,(H,27,29,32)/t19-/m1/s1. The van der Waals surface area contributed by atoms with Crippen LogP contribution >= 0.6 is 0 Å². The quantitative estimate of drug-likeness (QED) is 0.309. The number of aryl methyl sites for hydroxylation is 1. The number of esters is 1. The van der Waals surface area contributed by atoms with E-state index in [0.29, 0.717) is 5.69 Å². The van der Waals surface area contributed by atoms with Crippen LogP contribution in [0.5, 0.6) is 5.88 Å². The molecular weight excluding hydrogens is 424 g/mol. The van der Waals surface area contributed by atoms with E-state index in [-0.39, 0.29) is 12.0 Å². The van der Waals surface area contributed by atoms with Crippen LogP contribution in [0.1, 0.15) is 16.7 Å². The van der Waals surface area contributed by atoms with Crippen LogP contribution in [-0.4, -0.2) is 45.0 Å². The van der Waals surface area contributed by atoms with Crippen LogP contribution in [0.2, 0.25) is 0 Å². The number of rotatable bonds is 6. The van der Waals surface area contributed by atoms with Crippen LogP contribution in [0, 0.1) is 6.92 Å². The fourth-order valence-corrected chi connectivity index (χ4v) is 3.70. The van der Waals surface area contributed by atoms with Crippen molar-refractivity contribution in [1.82, 2.24) is 14.5 Å². The molecule has 9 heteroatoms. The maximum atomic E-state index is 12.4. The summed E-state index contributed by atoms with van der Waals surface area (Å²) in [5, 5.41) is 11.7. The SMILES string of the molecule is COC(=O)[C@@H](Cc1c[nH]c2ccccc12)N=Cc1c(O)n(-c2ccccc2C)c(=O)[nH]c1=O. The van der Waals surface area contributed by atoms with Crippen LogP contribution < -0.4 is 11.2 Å². The summed E-state index contributed by atoms with van der Waals surface area (Å²) in [6.45, 7) is 1.77. The molecule has 0 aliphatic carbocycles. The maximum absolute atomic E-state index is 12.4. The summed E-state index contributed by atoms with van der Waals surface area (Å²) in [6, 6.07) is 13.6. The van der Waals surface area contributed by atoms with Gasteiger partial charge >= 0.3 is 11.7 Å². The van der Waals surface area contributed by atoms with Gasteiger partial charge in [0.2, 0.25) is 5.88 Å². The molecule has 0 aliphatic heterocycles. The molecule has 0 radical (unpaired) electrons. The number of fused-ring (bicyclic) bond motifs is 1. The molecule has 0 saturated carbocycles. The molecule has 0 bridgehead atoms. The Morgan fingerprint density at radius 3 is 2.67 bits per heavy atom. The number of benzene rings is 2. The van der Waals surface area contributed by atoms with Crippen molar-refractivity contribution in [3.63, 3.8) is 0 Å². The van der Waals surface area contributed by atoms with Crippen molar-refractivity contribution in [1.29, 1.82) is 0 Å². The number of aromatic hydroxyl groups is 1. The van der Waals surface area contributed by atoms with E-state index < -0.39 is 29.1 Å². The topological polar surface area (TPSA) is 130 Å². The summed E-state index contributed by atoms with van der Waals surface area (Å²) < 4.78 is 5.87. The number of H-pyrrole nitrogens is 2. The first-order valence-corrected chi connectivity index (χ1v) is 10.2. The first kappa shape index (κ1) is 21.8. The molecule has 2 heterocycles. The van der Waals surface area contributed by atoms with Crippen LogP contribution in [-0.2, 0) is 16.0 Å². The Hall–Kier alpha value is -4.40. The number of carbonyl (C=O) groups excluding carboxylic acids is 1. The van der Waals surface area contributed by atoms with Crippen molar-refractivity contribution < 1.29 is 14.6 Å². The van der Waals surface area contributed by atoms with Crippen molar-refractivity contribution >= 4 is 23.1 Å². The molecule has 2 aromatic heterocycles.